The fourth-order valence-electron chi connectivity index (χ4n) is 4.68. The maximum Gasteiger partial charge on any atom is 0.261 e. The van der Waals surface area contributed by atoms with Gasteiger partial charge in [-0.1, -0.05) is 48.5 Å². The lowest BCUT2D eigenvalue weighted by atomic mass is 10.0. The van der Waals surface area contributed by atoms with Crippen LogP contribution in [0.2, 0.25) is 0 Å². The van der Waals surface area contributed by atoms with Crippen molar-refractivity contribution < 1.29 is 31.5 Å². The van der Waals surface area contributed by atoms with E-state index < -0.39 is 46.1 Å². The Balaban J connectivity index is 1.35. The first kappa shape index (κ1) is 32.8. The highest BCUT2D eigenvalue weighted by molar-refractivity contribution is 7.92. The van der Waals surface area contributed by atoms with Crippen molar-refractivity contribution in [1.29, 1.82) is 0 Å². The van der Waals surface area contributed by atoms with Gasteiger partial charge >= 0.3 is 0 Å². The minimum absolute atomic E-state index is 0.0332. The molecule has 0 fully saturated rings. The Morgan fingerprint density at radius 1 is 0.787 bits per heavy atom. The van der Waals surface area contributed by atoms with Crippen LogP contribution < -0.4 is 14.8 Å². The van der Waals surface area contributed by atoms with Crippen LogP contribution >= 0.6 is 0 Å². The molecule has 5 rings (SSSR count). The minimum Gasteiger partial charge on any atom is -0.484 e. The molecule has 0 unspecified atom stereocenters. The van der Waals surface area contributed by atoms with Gasteiger partial charge in [0.25, 0.3) is 15.9 Å². The van der Waals surface area contributed by atoms with Crippen LogP contribution in [0.5, 0.6) is 5.75 Å². The number of nitrogens with zero attached hydrogens (tertiary/aromatic N) is 2. The molecule has 0 saturated carbocycles. The number of rotatable bonds is 13. The molecule has 0 aliphatic carbocycles. The van der Waals surface area contributed by atoms with Gasteiger partial charge in [0.2, 0.25) is 5.91 Å². The molecule has 0 saturated heterocycles. The number of ether oxygens (including phenoxy) is 1. The van der Waals surface area contributed by atoms with Gasteiger partial charge in [-0.25, -0.2) is 17.2 Å². The number of halogens is 2. The second-order valence-corrected chi connectivity index (χ2v) is 12.1. The summed E-state index contributed by atoms with van der Waals surface area (Å²) in [6.07, 6.45) is 3.25. The highest BCUT2D eigenvalue weighted by Gasteiger charge is 2.32. The van der Waals surface area contributed by atoms with Crippen molar-refractivity contribution in [2.75, 3.05) is 11.3 Å². The van der Waals surface area contributed by atoms with Crippen LogP contribution in [0.4, 0.5) is 14.5 Å². The molecular weight excluding hydrogens is 626 g/mol. The first-order valence-electron chi connectivity index (χ1n) is 14.4. The summed E-state index contributed by atoms with van der Waals surface area (Å²) in [7, 11) is -3.98. The Morgan fingerprint density at radius 2 is 1.45 bits per heavy atom. The molecule has 0 aliphatic heterocycles. The fourth-order valence-corrected chi connectivity index (χ4v) is 5.74. The van der Waals surface area contributed by atoms with Gasteiger partial charge in [-0.3, -0.25) is 19.3 Å². The summed E-state index contributed by atoms with van der Waals surface area (Å²) in [6.45, 7) is -0.342. The fraction of sp³-hybridized carbons (Fsp3) is 0.114. The van der Waals surface area contributed by atoms with Gasteiger partial charge in [0.05, 0.1) is 4.90 Å². The number of carbonyl (C=O) groups is 2. The predicted octanol–water partition coefficient (Wildman–Crippen LogP) is 5.63. The summed E-state index contributed by atoms with van der Waals surface area (Å²) >= 11 is 0. The van der Waals surface area contributed by atoms with Crippen molar-refractivity contribution in [1.82, 2.24) is 15.2 Å². The molecule has 12 heteroatoms. The van der Waals surface area contributed by atoms with E-state index in [1.807, 2.05) is 6.07 Å². The van der Waals surface area contributed by atoms with Crippen molar-refractivity contribution >= 4 is 27.5 Å². The molecule has 1 atom stereocenters. The van der Waals surface area contributed by atoms with Crippen LogP contribution in [0.1, 0.15) is 22.7 Å². The van der Waals surface area contributed by atoms with E-state index in [1.165, 1.54) is 65.6 Å². The molecule has 47 heavy (non-hydrogen) atoms. The summed E-state index contributed by atoms with van der Waals surface area (Å²) in [4.78, 5) is 32.9. The maximum atomic E-state index is 13.8. The second-order valence-electron chi connectivity index (χ2n) is 10.4. The molecule has 4 aromatic carbocycles. The van der Waals surface area contributed by atoms with Crippen molar-refractivity contribution in [3.8, 4) is 5.75 Å². The molecular formula is C35H30F2N4O5S. The molecule has 240 valence electrons. The van der Waals surface area contributed by atoms with E-state index in [2.05, 4.69) is 15.0 Å². The molecule has 0 aliphatic rings. The number of anilines is 1. The van der Waals surface area contributed by atoms with Crippen LogP contribution in [-0.4, -0.2) is 36.7 Å². The lowest BCUT2D eigenvalue weighted by Crippen LogP contribution is -2.45. The SMILES string of the molecule is O=C(NCc1cccnc1)[C@H](c1ccccc1)N(Cc1ccc(F)cc1)C(=O)COc1ccc(S(=O)(=O)Nc2ccc(F)cc2)cc1. The average Bonchev–Trinajstić information content (AvgIpc) is 3.09. The molecule has 9 nitrogen and oxygen atoms in total. The molecule has 1 heterocycles. The number of pyridine rings is 1. The second kappa shape index (κ2) is 15.1. The summed E-state index contributed by atoms with van der Waals surface area (Å²) in [5, 5.41) is 2.89. The number of carbonyl (C=O) groups excluding carboxylic acids is 2. The zero-order valence-corrected chi connectivity index (χ0v) is 25.7. The summed E-state index contributed by atoms with van der Waals surface area (Å²) in [6, 6.07) is 27.2. The quantitative estimate of drug-likeness (QED) is 0.170. The largest absolute Gasteiger partial charge is 0.484 e. The zero-order chi connectivity index (χ0) is 33.2. The standard InChI is InChI=1S/C35H30F2N4O5S/c36-28-10-8-25(9-11-28)23-41(34(27-6-2-1-3-7-27)35(43)39-22-26-5-4-20-38-21-26)33(42)24-46-31-16-18-32(19-17-31)47(44,45)40-30-14-12-29(37)13-15-30/h1-21,34,40H,22-24H2,(H,39,43)/t34-/m0/s1. The van der Waals surface area contributed by atoms with E-state index in [0.29, 0.717) is 11.1 Å². The molecule has 1 aromatic heterocycles. The highest BCUT2D eigenvalue weighted by atomic mass is 32.2. The first-order valence-corrected chi connectivity index (χ1v) is 15.9. The van der Waals surface area contributed by atoms with Crippen molar-refractivity contribution in [3.63, 3.8) is 0 Å². The summed E-state index contributed by atoms with van der Waals surface area (Å²) in [5.74, 6) is -1.73. The average molecular weight is 657 g/mol. The third kappa shape index (κ3) is 8.98. The number of sulfonamides is 1. The van der Waals surface area contributed by atoms with E-state index in [-0.39, 0.29) is 29.4 Å². The van der Waals surface area contributed by atoms with Gasteiger partial charge in [0, 0.05) is 31.2 Å². The number of amides is 2. The lowest BCUT2D eigenvalue weighted by Gasteiger charge is -2.31. The van der Waals surface area contributed by atoms with Gasteiger partial charge in [0.1, 0.15) is 23.4 Å². The number of aromatic nitrogens is 1. The first-order chi connectivity index (χ1) is 22.7. The van der Waals surface area contributed by atoms with Crippen LogP contribution in [-0.2, 0) is 32.7 Å². The van der Waals surface area contributed by atoms with Gasteiger partial charge in [-0.15, -0.1) is 0 Å². The van der Waals surface area contributed by atoms with E-state index in [1.54, 1.807) is 48.8 Å². The number of hydrogen-bond donors (Lipinski definition) is 2. The Kier molecular flexibility index (Phi) is 10.5. The monoisotopic (exact) mass is 656 g/mol. The third-order valence-corrected chi connectivity index (χ3v) is 8.44. The van der Waals surface area contributed by atoms with E-state index in [9.17, 15) is 26.8 Å². The van der Waals surface area contributed by atoms with Crippen molar-refractivity contribution in [3.05, 3.63) is 156 Å². The van der Waals surface area contributed by atoms with Crippen molar-refractivity contribution in [2.45, 2.75) is 24.0 Å². The molecule has 0 spiro atoms. The van der Waals surface area contributed by atoms with Gasteiger partial charge in [-0.05, 0) is 83.4 Å². The van der Waals surface area contributed by atoms with E-state index in [0.717, 1.165) is 17.7 Å². The maximum absolute atomic E-state index is 13.8. The van der Waals surface area contributed by atoms with Crippen molar-refractivity contribution in [2.24, 2.45) is 0 Å². The predicted molar refractivity (Wildman–Crippen MR) is 171 cm³/mol. The van der Waals surface area contributed by atoms with Gasteiger partial charge in [-0.2, -0.15) is 0 Å². The molecule has 0 radical (unpaired) electrons. The number of hydrogen-bond acceptors (Lipinski definition) is 6. The van der Waals surface area contributed by atoms with Crippen LogP contribution in [0.15, 0.2) is 133 Å². The van der Waals surface area contributed by atoms with E-state index in [4.69, 9.17) is 4.74 Å². The minimum atomic E-state index is -3.98. The number of benzene rings is 4. The zero-order valence-electron chi connectivity index (χ0n) is 24.9. The topological polar surface area (TPSA) is 118 Å². The van der Waals surface area contributed by atoms with Gasteiger partial charge < -0.3 is 15.0 Å². The number of nitrogens with one attached hydrogen (secondary N) is 2. The highest BCUT2D eigenvalue weighted by Crippen LogP contribution is 2.25. The lowest BCUT2D eigenvalue weighted by molar-refractivity contribution is -0.143. The Morgan fingerprint density at radius 3 is 2.09 bits per heavy atom. The summed E-state index contributed by atoms with van der Waals surface area (Å²) < 4.78 is 60.6. The molecule has 0 bridgehead atoms. The Bertz CT molecular complexity index is 1890. The Hall–Kier alpha value is -5.62. The summed E-state index contributed by atoms with van der Waals surface area (Å²) in [5.41, 5.74) is 2.10. The van der Waals surface area contributed by atoms with E-state index >= 15 is 0 Å². The third-order valence-electron chi connectivity index (χ3n) is 7.04. The van der Waals surface area contributed by atoms with Crippen LogP contribution in [0.25, 0.3) is 0 Å². The Labute approximate surface area is 270 Å². The van der Waals surface area contributed by atoms with Crippen LogP contribution in [0, 0.1) is 11.6 Å². The van der Waals surface area contributed by atoms with Gasteiger partial charge in [0.15, 0.2) is 6.61 Å². The molecule has 2 amide bonds. The normalized spacial score (nSPS) is 11.7. The molecule has 5 aromatic rings. The smallest absolute Gasteiger partial charge is 0.261 e. The molecule has 2 N–H and O–H groups in total. The van der Waals surface area contributed by atoms with Crippen LogP contribution in [0.3, 0.4) is 0 Å².